The fraction of sp³-hybridized carbons (Fsp3) is 0.118. The first kappa shape index (κ1) is 16.3. The Kier molecular flexibility index (Phi) is 4.02. The number of rotatable bonds is 4. The summed E-state index contributed by atoms with van der Waals surface area (Å²) in [7, 11) is 0. The van der Waals surface area contributed by atoms with E-state index < -0.39 is 22.8 Å². The van der Waals surface area contributed by atoms with E-state index in [1.807, 2.05) is 0 Å². The second-order valence-corrected chi connectivity index (χ2v) is 5.52. The Hall–Kier alpha value is -3.55. The number of nitro groups is 1. The molecular weight excluding hydrogens is 326 g/mol. The zero-order valence-corrected chi connectivity index (χ0v) is 13.1. The van der Waals surface area contributed by atoms with Crippen molar-refractivity contribution < 1.29 is 19.7 Å². The van der Waals surface area contributed by atoms with Gasteiger partial charge in [-0.15, -0.1) is 0 Å². The third-order valence-corrected chi connectivity index (χ3v) is 4.06. The first-order chi connectivity index (χ1) is 12.0. The molecule has 0 radical (unpaired) electrons. The Morgan fingerprint density at radius 1 is 1.08 bits per heavy atom. The number of hydrogen-bond acceptors (Lipinski definition) is 6. The molecule has 0 aromatic heterocycles. The summed E-state index contributed by atoms with van der Waals surface area (Å²) in [5.41, 5.74) is 0.956. The topological polar surface area (TPSA) is 113 Å². The first-order valence-corrected chi connectivity index (χ1v) is 7.35. The van der Waals surface area contributed by atoms with E-state index in [2.05, 4.69) is 5.16 Å². The van der Waals surface area contributed by atoms with Gasteiger partial charge in [0, 0.05) is 12.1 Å². The van der Waals surface area contributed by atoms with E-state index in [-0.39, 0.29) is 22.5 Å². The Labute approximate surface area is 142 Å². The third-order valence-electron chi connectivity index (χ3n) is 4.06. The van der Waals surface area contributed by atoms with Crippen LogP contribution in [0.25, 0.3) is 0 Å². The molecule has 0 fully saturated rings. The molecule has 0 saturated carbocycles. The SMILES string of the molecule is CC(=NO)C(c1ccc([N+](=O)[O-])cc1)N1C(=O)c2ccccc2C1=O. The molecule has 8 heteroatoms. The van der Waals surface area contributed by atoms with Gasteiger partial charge in [-0.25, -0.2) is 0 Å². The van der Waals surface area contributed by atoms with Crippen molar-refractivity contribution in [2.75, 3.05) is 0 Å². The minimum absolute atomic E-state index is 0.114. The zero-order chi connectivity index (χ0) is 18.1. The molecule has 0 saturated heterocycles. The van der Waals surface area contributed by atoms with E-state index in [1.165, 1.54) is 31.2 Å². The molecule has 0 bridgehead atoms. The number of amides is 2. The van der Waals surface area contributed by atoms with Gasteiger partial charge < -0.3 is 5.21 Å². The van der Waals surface area contributed by atoms with Gasteiger partial charge in [-0.1, -0.05) is 17.3 Å². The molecule has 1 heterocycles. The normalized spacial score (nSPS) is 15.2. The number of non-ortho nitro benzene ring substituents is 1. The molecule has 3 rings (SSSR count). The molecule has 1 atom stereocenters. The summed E-state index contributed by atoms with van der Waals surface area (Å²) in [6.07, 6.45) is 0. The van der Waals surface area contributed by atoms with Gasteiger partial charge in [0.05, 0.1) is 21.8 Å². The van der Waals surface area contributed by atoms with Crippen molar-refractivity contribution in [2.45, 2.75) is 13.0 Å². The summed E-state index contributed by atoms with van der Waals surface area (Å²) in [5.74, 6) is -1.01. The van der Waals surface area contributed by atoms with Crippen LogP contribution in [0.15, 0.2) is 53.7 Å². The van der Waals surface area contributed by atoms with E-state index in [1.54, 1.807) is 24.3 Å². The maximum absolute atomic E-state index is 12.7. The van der Waals surface area contributed by atoms with Crippen molar-refractivity contribution in [1.82, 2.24) is 4.90 Å². The predicted molar refractivity (Wildman–Crippen MR) is 87.7 cm³/mol. The van der Waals surface area contributed by atoms with Crippen LogP contribution in [0.4, 0.5) is 5.69 Å². The van der Waals surface area contributed by atoms with E-state index in [0.717, 1.165) is 4.90 Å². The highest BCUT2D eigenvalue weighted by Crippen LogP contribution is 2.33. The number of benzene rings is 2. The summed E-state index contributed by atoms with van der Waals surface area (Å²) >= 11 is 0. The molecule has 2 amide bonds. The van der Waals surface area contributed by atoms with Gasteiger partial charge in [0.25, 0.3) is 17.5 Å². The highest BCUT2D eigenvalue weighted by atomic mass is 16.6. The maximum Gasteiger partial charge on any atom is 0.269 e. The summed E-state index contributed by atoms with van der Waals surface area (Å²) in [6.45, 7) is 1.47. The molecule has 126 valence electrons. The number of nitro benzene ring substituents is 1. The molecule has 25 heavy (non-hydrogen) atoms. The monoisotopic (exact) mass is 339 g/mol. The molecular formula is C17H13N3O5. The van der Waals surface area contributed by atoms with Crippen molar-refractivity contribution in [2.24, 2.45) is 5.16 Å². The summed E-state index contributed by atoms with van der Waals surface area (Å²) < 4.78 is 0. The lowest BCUT2D eigenvalue weighted by atomic mass is 10.0. The van der Waals surface area contributed by atoms with Crippen molar-refractivity contribution in [3.05, 3.63) is 75.3 Å². The Morgan fingerprint density at radius 2 is 1.60 bits per heavy atom. The number of nitrogens with zero attached hydrogens (tertiary/aromatic N) is 3. The standard InChI is InChI=1S/C17H13N3O5/c1-10(18-23)15(11-6-8-12(9-7-11)20(24)25)19-16(21)13-4-2-3-5-14(13)17(19)22/h2-9,15,23H,1H3. The van der Waals surface area contributed by atoms with Gasteiger partial charge in [-0.2, -0.15) is 0 Å². The summed E-state index contributed by atoms with van der Waals surface area (Å²) in [5, 5.41) is 23.1. The fourth-order valence-electron chi connectivity index (χ4n) is 2.85. The smallest absolute Gasteiger partial charge is 0.269 e. The highest BCUT2D eigenvalue weighted by Gasteiger charge is 2.41. The lowest BCUT2D eigenvalue weighted by molar-refractivity contribution is -0.384. The quantitative estimate of drug-likeness (QED) is 0.302. The van der Waals surface area contributed by atoms with E-state index in [9.17, 15) is 24.9 Å². The van der Waals surface area contributed by atoms with E-state index >= 15 is 0 Å². The Bertz CT molecular complexity index is 870. The number of oxime groups is 1. The molecule has 0 spiro atoms. The molecule has 8 nitrogen and oxygen atoms in total. The highest BCUT2D eigenvalue weighted by molar-refractivity contribution is 6.23. The van der Waals surface area contributed by atoms with Crippen LogP contribution in [-0.4, -0.2) is 32.6 Å². The number of hydrogen-bond donors (Lipinski definition) is 1. The van der Waals surface area contributed by atoms with Gasteiger partial charge in [0.2, 0.25) is 0 Å². The van der Waals surface area contributed by atoms with Gasteiger partial charge in [0.1, 0.15) is 6.04 Å². The maximum atomic E-state index is 12.7. The molecule has 1 N–H and O–H groups in total. The average molecular weight is 339 g/mol. The van der Waals surface area contributed by atoms with Crippen molar-refractivity contribution in [1.29, 1.82) is 0 Å². The predicted octanol–water partition coefficient (Wildman–Crippen LogP) is 2.78. The largest absolute Gasteiger partial charge is 0.411 e. The molecule has 2 aromatic carbocycles. The summed E-state index contributed by atoms with van der Waals surface area (Å²) in [4.78, 5) is 36.6. The van der Waals surface area contributed by atoms with Crippen LogP contribution >= 0.6 is 0 Å². The summed E-state index contributed by atoms with van der Waals surface area (Å²) in [6, 6.07) is 10.8. The number of fused-ring (bicyclic) bond motifs is 1. The average Bonchev–Trinajstić information content (AvgIpc) is 2.88. The van der Waals surface area contributed by atoms with E-state index in [0.29, 0.717) is 5.56 Å². The van der Waals surface area contributed by atoms with Gasteiger partial charge in [-0.3, -0.25) is 24.6 Å². The van der Waals surface area contributed by atoms with Crippen LogP contribution in [-0.2, 0) is 0 Å². The van der Waals surface area contributed by atoms with Gasteiger partial charge in [0.15, 0.2) is 0 Å². The third kappa shape index (κ3) is 2.63. The van der Waals surface area contributed by atoms with E-state index in [4.69, 9.17) is 0 Å². The second-order valence-electron chi connectivity index (χ2n) is 5.52. The van der Waals surface area contributed by atoms with Crippen LogP contribution in [0.1, 0.15) is 39.2 Å². The molecule has 1 unspecified atom stereocenters. The van der Waals surface area contributed by atoms with Crippen LogP contribution < -0.4 is 0 Å². The van der Waals surface area contributed by atoms with Gasteiger partial charge >= 0.3 is 0 Å². The van der Waals surface area contributed by atoms with Crippen molar-refractivity contribution in [3.8, 4) is 0 Å². The number of carbonyl (C=O) groups excluding carboxylic acids is 2. The molecule has 1 aliphatic rings. The van der Waals surface area contributed by atoms with Crippen molar-refractivity contribution >= 4 is 23.2 Å². The van der Waals surface area contributed by atoms with Gasteiger partial charge in [-0.05, 0) is 36.8 Å². The fourth-order valence-corrected chi connectivity index (χ4v) is 2.85. The second kappa shape index (κ2) is 6.16. The molecule has 0 aliphatic carbocycles. The lowest BCUT2D eigenvalue weighted by Crippen LogP contribution is -2.37. The first-order valence-electron chi connectivity index (χ1n) is 7.35. The van der Waals surface area contributed by atoms with Crippen molar-refractivity contribution in [3.63, 3.8) is 0 Å². The minimum Gasteiger partial charge on any atom is -0.411 e. The Balaban J connectivity index is 2.08. The zero-order valence-electron chi connectivity index (χ0n) is 13.1. The van der Waals surface area contributed by atoms with Crippen LogP contribution in [0, 0.1) is 10.1 Å². The lowest BCUT2D eigenvalue weighted by Gasteiger charge is -2.25. The molecule has 2 aromatic rings. The number of carbonyl (C=O) groups is 2. The Morgan fingerprint density at radius 3 is 2.04 bits per heavy atom. The van der Waals surface area contributed by atoms with Crippen LogP contribution in [0.5, 0.6) is 0 Å². The van der Waals surface area contributed by atoms with Crippen LogP contribution in [0.2, 0.25) is 0 Å². The van der Waals surface area contributed by atoms with Crippen LogP contribution in [0.3, 0.4) is 0 Å². The minimum atomic E-state index is -0.960. The molecule has 1 aliphatic heterocycles. The number of imide groups is 1.